The van der Waals surface area contributed by atoms with Gasteiger partial charge in [0.25, 0.3) is 0 Å². The van der Waals surface area contributed by atoms with Crippen LogP contribution in [0.15, 0.2) is 9.66 Å². The third-order valence-electron chi connectivity index (χ3n) is 12.4. The summed E-state index contributed by atoms with van der Waals surface area (Å²) in [6, 6.07) is 0. The number of carbonyl (C=O) groups is 1. The molecule has 10 atom stereocenters. The van der Waals surface area contributed by atoms with E-state index in [0.717, 1.165) is 32.1 Å². The van der Waals surface area contributed by atoms with Crippen molar-refractivity contribution in [3.8, 4) is 0 Å². The first-order valence-corrected chi connectivity index (χ1v) is 17.7. The molecule has 0 radical (unpaired) electrons. The molecule has 0 bridgehead atoms. The maximum atomic E-state index is 13.3. The molecule has 2 saturated carbocycles. The van der Waals surface area contributed by atoms with Crippen LogP contribution >= 0.6 is 19.8 Å². The summed E-state index contributed by atoms with van der Waals surface area (Å²) in [7, 11) is 0. The second-order valence-corrected chi connectivity index (χ2v) is 21.0. The molecule has 4 fully saturated rings. The summed E-state index contributed by atoms with van der Waals surface area (Å²) in [6.45, 7) is 15.2. The van der Waals surface area contributed by atoms with Crippen LogP contribution in [0.5, 0.6) is 0 Å². The Labute approximate surface area is 224 Å². The van der Waals surface area contributed by atoms with Gasteiger partial charge in [0.15, 0.2) is 0 Å². The molecule has 2 saturated heterocycles. The number of allylic oxidation sites excluding steroid dienone is 2. The van der Waals surface area contributed by atoms with Gasteiger partial charge in [-0.05, 0) is 0 Å². The van der Waals surface area contributed by atoms with Crippen molar-refractivity contribution < 1.29 is 25.2 Å². The molecule has 0 aromatic carbocycles. The van der Waals surface area contributed by atoms with Crippen LogP contribution in [0.4, 0.5) is 0 Å². The van der Waals surface area contributed by atoms with Crippen molar-refractivity contribution in [2.24, 2.45) is 38.9 Å². The van der Waals surface area contributed by atoms with Crippen molar-refractivity contribution in [2.75, 3.05) is 11.0 Å². The zero-order valence-electron chi connectivity index (χ0n) is 23.4. The molecule has 5 nitrogen and oxygen atoms in total. The van der Waals surface area contributed by atoms with Crippen molar-refractivity contribution in [3.05, 3.63) is 9.66 Å². The molecule has 0 aromatic rings. The molecule has 2 heterocycles. The maximum absolute atomic E-state index is 13.3. The number of carbonyl (C=O) groups excluding carboxylic acids is 1. The van der Waals surface area contributed by atoms with Crippen LogP contribution in [0.3, 0.4) is 0 Å². The number of hydrogen-bond acceptors (Lipinski definition) is 5. The monoisotopic (exact) mass is 616 g/mol. The third kappa shape index (κ3) is 3.29. The van der Waals surface area contributed by atoms with E-state index in [1.807, 2.05) is 13.8 Å². The number of rotatable bonds is 2. The topological polar surface area (TPSA) is 98.0 Å². The molecule has 2 aliphatic heterocycles. The summed E-state index contributed by atoms with van der Waals surface area (Å²) >= 11 is -1.84. The Hall–Kier alpha value is -0.0200. The van der Waals surface area contributed by atoms with E-state index in [-0.39, 0.29) is 38.1 Å². The number of aliphatic hydroxyl groups is 4. The zero-order chi connectivity index (χ0) is 26.7. The number of aliphatic hydroxyl groups excluding tert-OH is 4. The molecule has 0 amide bonds. The van der Waals surface area contributed by atoms with E-state index in [1.54, 1.807) is 3.58 Å². The molecule has 6 heteroatoms. The molecule has 206 valence electrons. The fourth-order valence-electron chi connectivity index (χ4n) is 10.2. The Kier molecular flexibility index (Phi) is 6.31. The van der Waals surface area contributed by atoms with Crippen LogP contribution in [-0.4, -0.2) is 59.0 Å². The van der Waals surface area contributed by atoms with Crippen LogP contribution in [0, 0.1) is 38.9 Å². The van der Waals surface area contributed by atoms with Gasteiger partial charge in [0.05, 0.1) is 0 Å². The van der Waals surface area contributed by atoms with Crippen LogP contribution in [-0.2, 0) is 4.79 Å². The van der Waals surface area contributed by atoms with Gasteiger partial charge in [0.2, 0.25) is 0 Å². The van der Waals surface area contributed by atoms with Crippen molar-refractivity contribution in [3.63, 3.8) is 0 Å². The molecule has 5 aliphatic rings. The van der Waals surface area contributed by atoms with E-state index >= 15 is 0 Å². The summed E-state index contributed by atoms with van der Waals surface area (Å²) in [5.74, 6) is 0.369. The molecule has 3 aliphatic carbocycles. The van der Waals surface area contributed by atoms with Crippen LogP contribution < -0.4 is 0 Å². The predicted molar refractivity (Wildman–Crippen MR) is 151 cm³/mol. The van der Waals surface area contributed by atoms with Crippen LogP contribution in [0.1, 0.15) is 93.4 Å². The van der Waals surface area contributed by atoms with Crippen molar-refractivity contribution >= 4 is 25.6 Å². The molecule has 0 aromatic heterocycles. The van der Waals surface area contributed by atoms with E-state index in [9.17, 15) is 25.2 Å². The Morgan fingerprint density at radius 2 is 1.61 bits per heavy atom. The zero-order valence-corrected chi connectivity index (χ0v) is 25.6. The molecular formula is C30H49IO5. The van der Waals surface area contributed by atoms with Gasteiger partial charge >= 0.3 is 226 Å². The SMILES string of the molecule is CC(=O)[C@]12CCC(C)(C)CI1C1=CC[C@@H]3[C@@]4(C)C[C@@H](O)[C@H](O)[C@@](C)(CO)[C@@H]4[C@H](O)C[C@@]3(C)[C@]1(C)CC2. The van der Waals surface area contributed by atoms with Gasteiger partial charge in [-0.1, -0.05) is 0 Å². The first kappa shape index (κ1) is 27.5. The Morgan fingerprint density at radius 1 is 0.972 bits per heavy atom. The number of ketones is 1. The second kappa shape index (κ2) is 8.25. The molecule has 4 N–H and O–H groups in total. The van der Waals surface area contributed by atoms with Crippen LogP contribution in [0.25, 0.3) is 0 Å². The first-order chi connectivity index (χ1) is 16.5. The number of Topliss-reactive ketones (excluding diaryl/α,β-unsaturated/α-hetero) is 1. The van der Waals surface area contributed by atoms with E-state index < -0.39 is 49.0 Å². The Balaban J connectivity index is 1.64. The molecular weight excluding hydrogens is 567 g/mol. The fourth-order valence-corrected chi connectivity index (χ4v) is 20.8. The van der Waals surface area contributed by atoms with E-state index in [0.29, 0.717) is 18.6 Å². The van der Waals surface area contributed by atoms with Gasteiger partial charge in [-0.15, -0.1) is 0 Å². The van der Waals surface area contributed by atoms with Crippen molar-refractivity contribution in [1.29, 1.82) is 0 Å². The quantitative estimate of drug-likeness (QED) is 0.263. The molecule has 36 heavy (non-hydrogen) atoms. The van der Waals surface area contributed by atoms with Crippen molar-refractivity contribution in [1.82, 2.24) is 0 Å². The van der Waals surface area contributed by atoms with Gasteiger partial charge in [-0.2, -0.15) is 0 Å². The summed E-state index contributed by atoms with van der Waals surface area (Å²) in [4.78, 5) is 13.3. The Bertz CT molecular complexity index is 978. The van der Waals surface area contributed by atoms with Gasteiger partial charge in [0, 0.05) is 0 Å². The molecule has 0 spiro atoms. The summed E-state index contributed by atoms with van der Waals surface area (Å²) in [5.41, 5.74) is -1.31. The minimum absolute atomic E-state index is 0.0707. The predicted octanol–water partition coefficient (Wildman–Crippen LogP) is 4.86. The average Bonchev–Trinajstić information content (AvgIpc) is 2.77. The second-order valence-electron chi connectivity index (χ2n) is 14.9. The first-order valence-electron chi connectivity index (χ1n) is 14.1. The fraction of sp³-hybridized carbons (Fsp3) is 0.900. The number of hydrogen-bond donors (Lipinski definition) is 4. The average molecular weight is 617 g/mol. The van der Waals surface area contributed by atoms with E-state index in [1.165, 1.54) is 4.43 Å². The Morgan fingerprint density at radius 3 is 2.22 bits per heavy atom. The number of halogens is 1. The van der Waals surface area contributed by atoms with Gasteiger partial charge in [-0.3, -0.25) is 0 Å². The van der Waals surface area contributed by atoms with Gasteiger partial charge in [0.1, 0.15) is 0 Å². The summed E-state index contributed by atoms with van der Waals surface area (Å²) in [6.07, 6.45) is 6.02. The van der Waals surface area contributed by atoms with Crippen molar-refractivity contribution in [2.45, 2.75) is 115 Å². The number of alkyl halides is 2. The third-order valence-corrected chi connectivity index (χ3v) is 22.6. The van der Waals surface area contributed by atoms with Gasteiger partial charge < -0.3 is 0 Å². The minimum atomic E-state index is -1.84. The number of fused-ring (bicyclic) bond motifs is 7. The summed E-state index contributed by atoms with van der Waals surface area (Å²) in [5, 5.41) is 44.3. The normalized spacial score (nSPS) is 54.9. The van der Waals surface area contributed by atoms with E-state index in [2.05, 4.69) is 40.7 Å². The molecule has 5 rings (SSSR count). The van der Waals surface area contributed by atoms with E-state index in [4.69, 9.17) is 0 Å². The van der Waals surface area contributed by atoms with Crippen LogP contribution in [0.2, 0.25) is 0 Å². The summed E-state index contributed by atoms with van der Waals surface area (Å²) < 4.78 is 2.69. The standard InChI is InChI=1S/C30H49IO5/c1-18(33)30-12-10-25(2,3)16-31(30)22-9-8-21-26(4)14-20(35)24(36)27(5,17-32)23(26)19(34)15-29(21,7)28(22,6)11-13-30/h9,19-21,23-24,32,34-36H,8,10-17H2,1-7H3/t19-,20-,21-,23-,24+,26-,27+,28-,29-,30-/m1/s1. The molecule has 0 unspecified atom stereocenters. The van der Waals surface area contributed by atoms with Gasteiger partial charge in [-0.25, -0.2) is 0 Å².